The molecule has 1 aliphatic rings. The fourth-order valence-electron chi connectivity index (χ4n) is 7.39. The summed E-state index contributed by atoms with van der Waals surface area (Å²) in [6.07, 6.45) is 0. The predicted molar refractivity (Wildman–Crippen MR) is 194 cm³/mol. The van der Waals surface area contributed by atoms with E-state index in [-0.39, 0.29) is 0 Å². The van der Waals surface area contributed by atoms with Crippen LogP contribution in [0, 0.1) is 0 Å². The molecule has 0 fully saturated rings. The molecule has 2 heterocycles. The van der Waals surface area contributed by atoms with Crippen LogP contribution in [0.3, 0.4) is 0 Å². The zero-order valence-electron chi connectivity index (χ0n) is 25.3. The average molecular weight is 594 g/mol. The van der Waals surface area contributed by atoms with Gasteiger partial charge in [0.2, 0.25) is 0 Å². The summed E-state index contributed by atoms with van der Waals surface area (Å²) in [6.45, 7) is 4.95. The molecule has 0 spiro atoms. The third-order valence-electron chi connectivity index (χ3n) is 9.65. The van der Waals surface area contributed by atoms with Gasteiger partial charge in [-0.2, -0.15) is 0 Å². The molecule has 0 N–H and O–H groups in total. The first-order chi connectivity index (χ1) is 22.1. The van der Waals surface area contributed by atoms with Crippen molar-refractivity contribution in [3.05, 3.63) is 152 Å². The lowest BCUT2D eigenvalue weighted by Crippen LogP contribution is -2.49. The fraction of sp³-hybridized carbons (Fsp3) is 0.0476. The summed E-state index contributed by atoms with van der Waals surface area (Å²) in [5, 5.41) is 7.77. The number of rotatable bonds is 4. The van der Waals surface area contributed by atoms with E-state index in [0.717, 1.165) is 22.5 Å². The van der Waals surface area contributed by atoms with Crippen molar-refractivity contribution >= 4 is 68.2 Å². The predicted octanol–water partition coefficient (Wildman–Crippen LogP) is 10.7. The summed E-state index contributed by atoms with van der Waals surface area (Å²) in [5.74, 6) is 0. The minimum atomic E-state index is -1.99. The number of furan rings is 1. The van der Waals surface area contributed by atoms with Crippen LogP contribution in [0.4, 0.5) is 17.1 Å². The van der Waals surface area contributed by atoms with E-state index in [1.54, 1.807) is 0 Å². The summed E-state index contributed by atoms with van der Waals surface area (Å²) in [4.78, 5) is 2.42. The second-order valence-corrected chi connectivity index (χ2v) is 16.9. The molecule has 0 aliphatic carbocycles. The second-order valence-electron chi connectivity index (χ2n) is 12.6. The van der Waals surface area contributed by atoms with Gasteiger partial charge in [-0.1, -0.05) is 122 Å². The Kier molecular flexibility index (Phi) is 5.68. The zero-order valence-corrected chi connectivity index (χ0v) is 26.3. The normalized spacial score (nSPS) is 13.3. The van der Waals surface area contributed by atoms with E-state index in [1.807, 2.05) is 0 Å². The van der Waals surface area contributed by atoms with Crippen LogP contribution in [-0.2, 0) is 0 Å². The molecular weight excluding hydrogens is 563 g/mol. The highest BCUT2D eigenvalue weighted by atomic mass is 28.3. The Balaban J connectivity index is 1.25. The molecule has 3 heteroatoms. The highest BCUT2D eigenvalue weighted by molar-refractivity contribution is 7.04. The first-order valence-electron chi connectivity index (χ1n) is 15.6. The lowest BCUT2D eigenvalue weighted by molar-refractivity contribution is 0.670. The molecule has 7 aromatic carbocycles. The van der Waals surface area contributed by atoms with Crippen molar-refractivity contribution in [1.29, 1.82) is 0 Å². The van der Waals surface area contributed by atoms with E-state index in [1.165, 1.54) is 59.9 Å². The van der Waals surface area contributed by atoms with Crippen molar-refractivity contribution in [3.63, 3.8) is 0 Å². The first-order valence-corrected chi connectivity index (χ1v) is 18.6. The van der Waals surface area contributed by atoms with Crippen LogP contribution >= 0.6 is 0 Å². The molecule has 45 heavy (non-hydrogen) atoms. The van der Waals surface area contributed by atoms with E-state index >= 15 is 0 Å². The number of fused-ring (bicyclic) bond motifs is 8. The molecule has 0 amide bonds. The van der Waals surface area contributed by atoms with Crippen molar-refractivity contribution in [2.75, 3.05) is 4.90 Å². The number of nitrogens with zero attached hydrogens (tertiary/aromatic N) is 1. The molecule has 214 valence electrons. The van der Waals surface area contributed by atoms with E-state index in [4.69, 9.17) is 4.42 Å². The maximum Gasteiger partial charge on any atom is 0.143 e. The third-order valence-corrected chi connectivity index (χ3v) is 13.2. The van der Waals surface area contributed by atoms with Gasteiger partial charge in [0.1, 0.15) is 19.2 Å². The van der Waals surface area contributed by atoms with Crippen molar-refractivity contribution in [2.24, 2.45) is 0 Å². The Hall–Kier alpha value is -5.38. The average Bonchev–Trinajstić information content (AvgIpc) is 3.58. The molecule has 0 saturated heterocycles. The molecule has 1 aliphatic heterocycles. The molecule has 2 nitrogen and oxygen atoms in total. The smallest absolute Gasteiger partial charge is 0.143 e. The summed E-state index contributed by atoms with van der Waals surface area (Å²) in [5.41, 5.74) is 10.4. The highest BCUT2D eigenvalue weighted by Crippen LogP contribution is 2.46. The van der Waals surface area contributed by atoms with Gasteiger partial charge >= 0.3 is 0 Å². The van der Waals surface area contributed by atoms with Gasteiger partial charge in [0.05, 0.1) is 5.69 Å². The molecule has 0 saturated carbocycles. The minimum Gasteiger partial charge on any atom is -0.455 e. The number of para-hydroxylation sites is 2. The largest absolute Gasteiger partial charge is 0.455 e. The molecule has 1 aromatic heterocycles. The van der Waals surface area contributed by atoms with Gasteiger partial charge in [0, 0.05) is 33.3 Å². The van der Waals surface area contributed by atoms with Crippen LogP contribution in [0.15, 0.2) is 156 Å². The number of hydrogen-bond acceptors (Lipinski definition) is 2. The van der Waals surface area contributed by atoms with Crippen LogP contribution in [0.5, 0.6) is 0 Å². The third kappa shape index (κ3) is 3.94. The molecule has 0 radical (unpaired) electrons. The number of anilines is 3. The summed E-state index contributed by atoms with van der Waals surface area (Å²) in [7, 11) is -1.99. The lowest BCUT2D eigenvalue weighted by atomic mass is 9.98. The Morgan fingerprint density at radius 3 is 2.02 bits per heavy atom. The Bertz CT molecular complexity index is 2400. The number of benzene rings is 7. The topological polar surface area (TPSA) is 16.4 Å². The van der Waals surface area contributed by atoms with Gasteiger partial charge in [0.25, 0.3) is 0 Å². The van der Waals surface area contributed by atoms with Crippen molar-refractivity contribution < 1.29 is 4.42 Å². The monoisotopic (exact) mass is 593 g/mol. The maximum atomic E-state index is 6.69. The van der Waals surface area contributed by atoms with Gasteiger partial charge < -0.3 is 9.32 Å². The van der Waals surface area contributed by atoms with Crippen LogP contribution < -0.4 is 15.3 Å². The van der Waals surface area contributed by atoms with Gasteiger partial charge in [0.15, 0.2) is 0 Å². The standard InChI is InChI=1S/C42H31NOSi/c1-45(2)38-18-10-16-36(40(38)41-39(45)26-25-35-34-15-8-9-17-37(34)44-42(35)41)43(32-13-4-3-5-14-32)33-23-21-29(22-24-33)31-20-19-28-11-6-7-12-30(28)27-31/h3-27H,1-2H3. The molecular formula is C42H31NOSi. The molecule has 9 rings (SSSR count). The molecule has 0 bridgehead atoms. The highest BCUT2D eigenvalue weighted by Gasteiger charge is 2.41. The maximum absolute atomic E-state index is 6.69. The molecule has 0 unspecified atom stereocenters. The van der Waals surface area contributed by atoms with Gasteiger partial charge in [-0.25, -0.2) is 0 Å². The van der Waals surface area contributed by atoms with E-state index in [2.05, 4.69) is 170 Å². The van der Waals surface area contributed by atoms with E-state index in [0.29, 0.717) is 0 Å². The van der Waals surface area contributed by atoms with Crippen LogP contribution in [-0.4, -0.2) is 8.07 Å². The van der Waals surface area contributed by atoms with E-state index < -0.39 is 8.07 Å². The number of hydrogen-bond donors (Lipinski definition) is 0. The Labute approximate surface area is 263 Å². The Morgan fingerprint density at radius 1 is 0.489 bits per heavy atom. The minimum absolute atomic E-state index is 0.940. The Morgan fingerprint density at radius 2 is 1.18 bits per heavy atom. The van der Waals surface area contributed by atoms with Crippen LogP contribution in [0.1, 0.15) is 0 Å². The van der Waals surface area contributed by atoms with Gasteiger partial charge in [-0.3, -0.25) is 0 Å². The molecule has 8 aromatic rings. The first kappa shape index (κ1) is 26.1. The second kappa shape index (κ2) is 9.81. The van der Waals surface area contributed by atoms with Crippen molar-refractivity contribution in [2.45, 2.75) is 13.1 Å². The van der Waals surface area contributed by atoms with Crippen LogP contribution in [0.25, 0.3) is 55.0 Å². The quantitative estimate of drug-likeness (QED) is 0.189. The lowest BCUT2D eigenvalue weighted by Gasteiger charge is -2.28. The summed E-state index contributed by atoms with van der Waals surface area (Å²) < 4.78 is 6.69. The van der Waals surface area contributed by atoms with Crippen LogP contribution in [0.2, 0.25) is 13.1 Å². The van der Waals surface area contributed by atoms with Gasteiger partial charge in [-0.05, 0) is 74.7 Å². The van der Waals surface area contributed by atoms with E-state index in [9.17, 15) is 0 Å². The van der Waals surface area contributed by atoms with Crippen molar-refractivity contribution in [1.82, 2.24) is 0 Å². The zero-order chi connectivity index (χ0) is 30.1. The van der Waals surface area contributed by atoms with Gasteiger partial charge in [-0.15, -0.1) is 0 Å². The SMILES string of the molecule is C[Si]1(C)c2cccc(N(c3ccccc3)c3ccc(-c4ccc5ccccc5c4)cc3)c2-c2c1ccc1c2oc2ccccc21. The summed E-state index contributed by atoms with van der Waals surface area (Å²) in [6, 6.07) is 55.0. The summed E-state index contributed by atoms with van der Waals surface area (Å²) >= 11 is 0. The molecule has 0 atom stereocenters. The fourth-order valence-corrected chi connectivity index (χ4v) is 10.4. The van der Waals surface area contributed by atoms with Crippen molar-refractivity contribution in [3.8, 4) is 22.3 Å².